The van der Waals surface area contributed by atoms with E-state index in [1.54, 1.807) is 69.2 Å². The van der Waals surface area contributed by atoms with Crippen molar-refractivity contribution in [1.29, 1.82) is 0 Å². The van der Waals surface area contributed by atoms with Crippen molar-refractivity contribution >= 4 is 81.4 Å². The number of nitrogens with zero attached hydrogens (tertiary/aromatic N) is 2. The number of hydrogen-bond acceptors (Lipinski definition) is 18. The second-order valence-corrected chi connectivity index (χ2v) is 24.0. The quantitative estimate of drug-likeness (QED) is 0.0383. The highest BCUT2D eigenvalue weighted by molar-refractivity contribution is 7.86. The van der Waals surface area contributed by atoms with Crippen molar-refractivity contribution in [3.05, 3.63) is 81.6 Å². The number of anilines is 1. The molecule has 4 rings (SSSR count). The third kappa shape index (κ3) is 15.9. The summed E-state index contributed by atoms with van der Waals surface area (Å²) in [4.78, 5) is 56.2. The molecule has 0 saturated carbocycles. The van der Waals surface area contributed by atoms with Crippen molar-refractivity contribution in [3.63, 3.8) is 0 Å². The van der Waals surface area contributed by atoms with Crippen molar-refractivity contribution in [3.8, 4) is 0 Å². The lowest BCUT2D eigenvalue weighted by Gasteiger charge is -2.27. The average molecular weight is 1080 g/mol. The Bertz CT molecular complexity index is 2940. The van der Waals surface area contributed by atoms with Crippen LogP contribution >= 0.6 is 0 Å². The van der Waals surface area contributed by atoms with Gasteiger partial charge in [-0.25, -0.2) is 27.6 Å². The van der Waals surface area contributed by atoms with E-state index in [1.807, 2.05) is 0 Å². The minimum Gasteiger partial charge on any atom is -0.748 e. The molecule has 3 N–H and O–H groups in total. The van der Waals surface area contributed by atoms with E-state index in [2.05, 4.69) is 0 Å². The minimum atomic E-state index is -4.68. The van der Waals surface area contributed by atoms with Crippen molar-refractivity contribution in [1.82, 2.24) is 0 Å². The first-order valence-electron chi connectivity index (χ1n) is 22.5. The van der Waals surface area contributed by atoms with Crippen LogP contribution in [-0.2, 0) is 70.2 Å². The predicted molar refractivity (Wildman–Crippen MR) is 257 cm³/mol. The van der Waals surface area contributed by atoms with E-state index in [0.717, 1.165) is 6.07 Å². The first-order valence-corrected chi connectivity index (χ1v) is 28.9. The lowest BCUT2D eigenvalue weighted by Crippen LogP contribution is -2.30. The fourth-order valence-electron chi connectivity index (χ4n) is 8.38. The Hall–Kier alpha value is -5.09. The number of fused-ring (bicyclic) bond motifs is 2. The molecular formula is C45H60N2O20S4. The van der Waals surface area contributed by atoms with E-state index < -0.39 is 111 Å². The third-order valence-corrected chi connectivity index (χ3v) is 14.5. The fourth-order valence-corrected chi connectivity index (χ4v) is 10.3. The summed E-state index contributed by atoms with van der Waals surface area (Å²) >= 11 is 0. The first-order chi connectivity index (χ1) is 32.8. The van der Waals surface area contributed by atoms with Crippen molar-refractivity contribution < 1.29 is 94.6 Å². The van der Waals surface area contributed by atoms with Gasteiger partial charge in [-0.15, -0.1) is 0 Å². The van der Waals surface area contributed by atoms with Gasteiger partial charge < -0.3 is 28.4 Å². The Labute approximate surface area is 414 Å². The molecular weight excluding hydrogens is 1020 g/mol. The van der Waals surface area contributed by atoms with E-state index in [9.17, 15) is 66.5 Å². The van der Waals surface area contributed by atoms with Gasteiger partial charge in [0.05, 0.1) is 87.0 Å². The summed E-state index contributed by atoms with van der Waals surface area (Å²) in [6, 6.07) is 5.37. The van der Waals surface area contributed by atoms with Gasteiger partial charge in [0.15, 0.2) is 5.71 Å². The molecule has 0 saturated heterocycles. The number of hydrogen-bond donors (Lipinski definition) is 3. The van der Waals surface area contributed by atoms with Crippen LogP contribution in [-0.4, -0.2) is 149 Å². The van der Waals surface area contributed by atoms with Gasteiger partial charge in [0.2, 0.25) is 5.69 Å². The molecule has 26 heteroatoms. The number of rotatable bonds is 26. The van der Waals surface area contributed by atoms with Crippen LogP contribution in [0, 0.1) is 0 Å². The van der Waals surface area contributed by atoms with Crippen LogP contribution < -0.4 is 4.90 Å². The van der Waals surface area contributed by atoms with E-state index in [1.165, 1.54) is 18.2 Å². The van der Waals surface area contributed by atoms with Crippen LogP contribution in [0.25, 0.3) is 0 Å². The molecule has 394 valence electrons. The summed E-state index contributed by atoms with van der Waals surface area (Å²) in [6.45, 7) is 9.48. The smallest absolute Gasteiger partial charge is 0.338 e. The molecule has 2 aromatic carbocycles. The molecule has 0 amide bonds. The fraction of sp³-hybridized carbons (Fsp3) is 0.533. The highest BCUT2D eigenvalue weighted by atomic mass is 32.2. The molecule has 0 radical (unpaired) electrons. The van der Waals surface area contributed by atoms with E-state index in [4.69, 9.17) is 23.5 Å². The molecule has 0 unspecified atom stereocenters. The summed E-state index contributed by atoms with van der Waals surface area (Å²) in [5, 5.41) is 0. The lowest BCUT2D eigenvalue weighted by atomic mass is 9.78. The molecule has 2 aromatic rings. The topological polar surface area (TPSA) is 332 Å². The van der Waals surface area contributed by atoms with E-state index in [0.29, 0.717) is 35.5 Å². The monoisotopic (exact) mass is 1080 g/mol. The summed E-state index contributed by atoms with van der Waals surface area (Å²) in [5.41, 5.74) is -0.768. The molecule has 0 fully saturated rings. The summed E-state index contributed by atoms with van der Waals surface area (Å²) in [5.74, 6) is -6.49. The molecule has 22 nitrogen and oxygen atoms in total. The van der Waals surface area contributed by atoms with Gasteiger partial charge in [-0.3, -0.25) is 13.7 Å². The largest absolute Gasteiger partial charge is 0.748 e. The summed E-state index contributed by atoms with van der Waals surface area (Å²) in [6.07, 6.45) is 4.85. The first kappa shape index (κ1) is 58.5. The maximum Gasteiger partial charge on any atom is 0.338 e. The number of ether oxygens (including phenoxy) is 4. The molecule has 2 heterocycles. The van der Waals surface area contributed by atoms with Gasteiger partial charge in [-0.2, -0.15) is 29.8 Å². The molecule has 2 aliphatic heterocycles. The van der Waals surface area contributed by atoms with Crippen molar-refractivity contribution in [2.45, 2.75) is 90.9 Å². The Balaban J connectivity index is 1.97. The second-order valence-electron chi connectivity index (χ2n) is 17.8. The van der Waals surface area contributed by atoms with Crippen LogP contribution in [0.4, 0.5) is 11.4 Å². The average Bonchev–Trinajstić information content (AvgIpc) is 3.60. The summed E-state index contributed by atoms with van der Waals surface area (Å²) < 4.78 is 156. The number of carbonyl (C=O) groups is 4. The lowest BCUT2D eigenvalue weighted by molar-refractivity contribution is -0.437. The SMILES string of the molecule is CCCOC(=O)c1cc(C(=O)OCCC)c2c(c1)[N+](CCCS(=O)(=O)[O-])=C(/C=C/C=C1/N(CCCS(=O)(=O)O)c3cc(C(=O)OCCCS(=O)(=O)O)cc(C(=O)OCCCS(=O)(=O)O)c3C1(C)C)C2(C)C. The van der Waals surface area contributed by atoms with Gasteiger partial charge in [0.25, 0.3) is 30.4 Å². The molecule has 0 aliphatic carbocycles. The Morgan fingerprint density at radius 1 is 0.620 bits per heavy atom. The Kier molecular flexibility index (Phi) is 19.5. The van der Waals surface area contributed by atoms with Gasteiger partial charge in [0.1, 0.15) is 6.54 Å². The molecule has 2 aliphatic rings. The maximum atomic E-state index is 14.0. The predicted octanol–water partition coefficient (Wildman–Crippen LogP) is 4.52. The van der Waals surface area contributed by atoms with Gasteiger partial charge >= 0.3 is 23.9 Å². The second kappa shape index (κ2) is 23.6. The van der Waals surface area contributed by atoms with Gasteiger partial charge in [-0.05, 0) is 70.2 Å². The standard InChI is InChI=1S/C45H60N2O20S4/c1-7-18-64-40(48)30-26-32(42(50)65-19-8-2)38-34(28-30)46(16-10-22-68(52,53)54)36(44(38,3)4)14-9-15-37-45(5,6)39-33(43(51)67-21-13-25-71(61,62)63)27-31(41(49)66-20-12-24-70(58,59)60)29-35(39)47(37)17-11-23-69(55,56)57/h9,14-15,26-29H,7-8,10-13,16-25H2,1-6H3,(H3-,52,53,54,55,56,57,58,59,60,61,62,63). The number of allylic oxidation sites excluding steroid dienone is 4. The molecule has 0 atom stereocenters. The van der Waals surface area contributed by atoms with E-state index in [-0.39, 0.29) is 85.5 Å². The molecule has 0 bridgehead atoms. The molecule has 71 heavy (non-hydrogen) atoms. The van der Waals surface area contributed by atoms with Crippen molar-refractivity contribution in [2.75, 3.05) is 67.4 Å². The zero-order valence-electron chi connectivity index (χ0n) is 40.2. The number of esters is 4. The minimum absolute atomic E-state index is 0.00497. The Morgan fingerprint density at radius 2 is 1.08 bits per heavy atom. The van der Waals surface area contributed by atoms with E-state index >= 15 is 0 Å². The van der Waals surface area contributed by atoms with Crippen LogP contribution in [0.1, 0.15) is 133 Å². The van der Waals surface area contributed by atoms with Crippen LogP contribution in [0.2, 0.25) is 0 Å². The molecule has 0 aromatic heterocycles. The van der Waals surface area contributed by atoms with Crippen molar-refractivity contribution in [2.24, 2.45) is 0 Å². The highest BCUT2D eigenvalue weighted by Gasteiger charge is 2.49. The van der Waals surface area contributed by atoms with Crippen LogP contribution in [0.5, 0.6) is 0 Å². The normalized spacial score (nSPS) is 16.0. The third-order valence-electron chi connectivity index (χ3n) is 11.3. The number of benzene rings is 2. The van der Waals surface area contributed by atoms with Gasteiger partial charge in [0, 0.05) is 53.2 Å². The molecule has 0 spiro atoms. The Morgan fingerprint density at radius 3 is 1.59 bits per heavy atom. The zero-order valence-corrected chi connectivity index (χ0v) is 43.4. The highest BCUT2D eigenvalue weighted by Crippen LogP contribution is 2.50. The van der Waals surface area contributed by atoms with Gasteiger partial charge in [-0.1, -0.05) is 33.8 Å². The summed E-state index contributed by atoms with van der Waals surface area (Å²) in [7, 11) is -18.0. The van der Waals surface area contributed by atoms with Crippen LogP contribution in [0.15, 0.2) is 48.2 Å². The zero-order chi connectivity index (χ0) is 53.3. The maximum absolute atomic E-state index is 14.0. The number of carbonyl (C=O) groups excluding carboxylic acids is 4. The van der Waals surface area contributed by atoms with Crippen LogP contribution in [0.3, 0.4) is 0 Å².